The second-order valence-electron chi connectivity index (χ2n) is 8.20. The fourth-order valence-corrected chi connectivity index (χ4v) is 4.16. The summed E-state index contributed by atoms with van der Waals surface area (Å²) >= 11 is 0. The smallest absolute Gasteiger partial charge is 0.253 e. The fourth-order valence-electron chi connectivity index (χ4n) is 4.16. The third kappa shape index (κ3) is 4.39. The van der Waals surface area contributed by atoms with Crippen molar-refractivity contribution in [1.82, 2.24) is 19.6 Å². The fraction of sp³-hybridized carbons (Fsp3) is 0.375. The van der Waals surface area contributed by atoms with Crippen LogP contribution in [0.15, 0.2) is 36.4 Å². The number of alkyl halides is 2. The predicted molar refractivity (Wildman–Crippen MR) is 125 cm³/mol. The van der Waals surface area contributed by atoms with Crippen molar-refractivity contribution in [3.63, 3.8) is 0 Å². The molecule has 1 fully saturated rings. The van der Waals surface area contributed by atoms with E-state index in [0.29, 0.717) is 46.3 Å². The molecule has 0 saturated carbocycles. The van der Waals surface area contributed by atoms with Crippen LogP contribution >= 0.6 is 0 Å². The summed E-state index contributed by atoms with van der Waals surface area (Å²) in [6.45, 7) is 0.297. The van der Waals surface area contributed by atoms with Gasteiger partial charge in [0, 0.05) is 36.4 Å². The van der Waals surface area contributed by atoms with E-state index in [9.17, 15) is 8.78 Å². The van der Waals surface area contributed by atoms with Crippen LogP contribution in [0.4, 0.5) is 14.7 Å². The normalized spacial score (nSPS) is 17.5. The lowest BCUT2D eigenvalue weighted by Crippen LogP contribution is -2.29. The average molecular weight is 485 g/mol. The van der Waals surface area contributed by atoms with Crippen LogP contribution < -0.4 is 19.5 Å². The topological polar surface area (TPSA) is 92.0 Å². The van der Waals surface area contributed by atoms with Crippen LogP contribution in [0.25, 0.3) is 16.6 Å². The summed E-state index contributed by atoms with van der Waals surface area (Å²) in [7, 11) is 4.73. The highest BCUT2D eigenvalue weighted by molar-refractivity contribution is 5.96. The maximum atomic E-state index is 14.1. The van der Waals surface area contributed by atoms with Gasteiger partial charge in [0.15, 0.2) is 11.5 Å². The Kier molecular flexibility index (Phi) is 6.01. The number of para-hydroxylation sites is 1. The van der Waals surface area contributed by atoms with Crippen molar-refractivity contribution < 1.29 is 27.7 Å². The standard InChI is InChI=1S/C24H25F2N5O4/c1-32-15-8-7-14(18(11-15)34-3)13-27-23-28-20-16(5-4-6-17(20)33-2)22-29-21(30-31(22)23)19-12-24(25,26)9-10-35-19/h4-8,11,19H,9-10,12-13H2,1-3H3,(H,27,28). The predicted octanol–water partition coefficient (Wildman–Crippen LogP) is 4.40. The van der Waals surface area contributed by atoms with Crippen LogP contribution in [0, 0.1) is 0 Å². The number of fused-ring (bicyclic) bond motifs is 3. The van der Waals surface area contributed by atoms with Crippen LogP contribution in [0.3, 0.4) is 0 Å². The quantitative estimate of drug-likeness (QED) is 0.412. The monoisotopic (exact) mass is 485 g/mol. The lowest BCUT2D eigenvalue weighted by atomic mass is 10.0. The summed E-state index contributed by atoms with van der Waals surface area (Å²) in [4.78, 5) is 9.33. The van der Waals surface area contributed by atoms with Gasteiger partial charge in [-0.15, -0.1) is 5.10 Å². The van der Waals surface area contributed by atoms with Gasteiger partial charge in [-0.3, -0.25) is 0 Å². The summed E-state index contributed by atoms with van der Waals surface area (Å²) in [5.74, 6) is -0.395. The Balaban J connectivity index is 1.58. The van der Waals surface area contributed by atoms with Gasteiger partial charge in [0.05, 0.1) is 27.9 Å². The summed E-state index contributed by atoms with van der Waals surface area (Å²) in [6.07, 6.45) is -1.69. The summed E-state index contributed by atoms with van der Waals surface area (Å²) in [6, 6.07) is 11.0. The third-order valence-corrected chi connectivity index (χ3v) is 5.99. The van der Waals surface area contributed by atoms with Gasteiger partial charge in [-0.2, -0.15) is 4.52 Å². The Morgan fingerprint density at radius 2 is 1.91 bits per heavy atom. The number of methoxy groups -OCH3 is 3. The number of halogens is 2. The molecule has 11 heteroatoms. The maximum Gasteiger partial charge on any atom is 0.253 e. The molecule has 9 nitrogen and oxygen atoms in total. The zero-order valence-corrected chi connectivity index (χ0v) is 19.5. The second kappa shape index (κ2) is 9.14. The van der Waals surface area contributed by atoms with Crippen LogP contribution in [0.1, 0.15) is 30.3 Å². The van der Waals surface area contributed by atoms with Crippen molar-refractivity contribution in [2.45, 2.75) is 31.4 Å². The molecular weight excluding hydrogens is 460 g/mol. The van der Waals surface area contributed by atoms with Crippen LogP contribution in [0.2, 0.25) is 0 Å². The molecule has 0 amide bonds. The minimum absolute atomic E-state index is 0.0532. The number of anilines is 1. The van der Waals surface area contributed by atoms with Gasteiger partial charge in [-0.1, -0.05) is 6.07 Å². The molecule has 1 atom stereocenters. The lowest BCUT2D eigenvalue weighted by Gasteiger charge is -2.27. The zero-order chi connectivity index (χ0) is 24.6. The van der Waals surface area contributed by atoms with E-state index in [1.54, 1.807) is 33.5 Å². The molecule has 35 heavy (non-hydrogen) atoms. The van der Waals surface area contributed by atoms with E-state index in [2.05, 4.69) is 15.4 Å². The van der Waals surface area contributed by atoms with E-state index in [0.717, 1.165) is 5.56 Å². The molecule has 0 aliphatic carbocycles. The first-order valence-corrected chi connectivity index (χ1v) is 11.1. The van der Waals surface area contributed by atoms with E-state index in [-0.39, 0.29) is 18.9 Å². The van der Waals surface area contributed by atoms with Gasteiger partial charge < -0.3 is 24.3 Å². The SMILES string of the molecule is COc1ccc(CNc2nc3c(OC)cccc3c3nc(C4CC(F)(F)CCO4)nn23)c(OC)c1. The molecule has 0 radical (unpaired) electrons. The first-order chi connectivity index (χ1) is 16.9. The molecule has 1 unspecified atom stereocenters. The second-order valence-corrected chi connectivity index (χ2v) is 8.20. The molecule has 3 heterocycles. The highest BCUT2D eigenvalue weighted by Gasteiger charge is 2.39. The molecule has 5 rings (SSSR count). The van der Waals surface area contributed by atoms with Crippen molar-refractivity contribution >= 4 is 22.5 Å². The van der Waals surface area contributed by atoms with Crippen LogP contribution in [0.5, 0.6) is 17.2 Å². The number of rotatable bonds is 7. The van der Waals surface area contributed by atoms with Gasteiger partial charge in [-0.25, -0.2) is 18.7 Å². The lowest BCUT2D eigenvalue weighted by molar-refractivity contribution is -0.131. The Labute approximate surface area is 200 Å². The van der Waals surface area contributed by atoms with Gasteiger partial charge in [0.2, 0.25) is 5.95 Å². The van der Waals surface area contributed by atoms with Crippen molar-refractivity contribution in [3.8, 4) is 17.2 Å². The molecule has 0 bridgehead atoms. The zero-order valence-electron chi connectivity index (χ0n) is 19.5. The minimum atomic E-state index is -2.82. The number of nitrogens with zero attached hydrogens (tertiary/aromatic N) is 4. The van der Waals surface area contributed by atoms with Crippen molar-refractivity contribution in [2.24, 2.45) is 0 Å². The Morgan fingerprint density at radius 1 is 1.09 bits per heavy atom. The van der Waals surface area contributed by atoms with E-state index >= 15 is 0 Å². The number of benzene rings is 2. The molecule has 1 saturated heterocycles. The Hall–Kier alpha value is -3.73. The number of nitrogens with one attached hydrogen (secondary N) is 1. The van der Waals surface area contributed by atoms with E-state index in [1.165, 1.54) is 4.52 Å². The molecule has 1 aliphatic rings. The molecule has 184 valence electrons. The third-order valence-electron chi connectivity index (χ3n) is 5.99. The summed E-state index contributed by atoms with van der Waals surface area (Å²) in [5.41, 5.74) is 1.89. The van der Waals surface area contributed by atoms with Gasteiger partial charge in [0.25, 0.3) is 5.92 Å². The van der Waals surface area contributed by atoms with Crippen LogP contribution in [-0.2, 0) is 11.3 Å². The molecule has 2 aromatic carbocycles. The Morgan fingerprint density at radius 3 is 2.66 bits per heavy atom. The molecule has 1 aliphatic heterocycles. The molecular formula is C24H25F2N5O4. The molecule has 0 spiro atoms. The molecule has 4 aromatic rings. The maximum absolute atomic E-state index is 14.1. The number of hydrogen-bond acceptors (Lipinski definition) is 8. The number of ether oxygens (including phenoxy) is 4. The highest BCUT2D eigenvalue weighted by atomic mass is 19.3. The van der Waals surface area contributed by atoms with Gasteiger partial charge >= 0.3 is 0 Å². The van der Waals surface area contributed by atoms with Crippen molar-refractivity contribution in [1.29, 1.82) is 0 Å². The first-order valence-electron chi connectivity index (χ1n) is 11.1. The van der Waals surface area contributed by atoms with Gasteiger partial charge in [0.1, 0.15) is 28.9 Å². The van der Waals surface area contributed by atoms with Crippen molar-refractivity contribution in [3.05, 3.63) is 47.8 Å². The number of aromatic nitrogens is 4. The van der Waals surface area contributed by atoms with Crippen LogP contribution in [-0.4, -0.2) is 53.4 Å². The van der Waals surface area contributed by atoms with E-state index < -0.39 is 18.4 Å². The summed E-state index contributed by atoms with van der Waals surface area (Å²) in [5, 5.41) is 8.47. The van der Waals surface area contributed by atoms with E-state index in [4.69, 9.17) is 23.9 Å². The average Bonchev–Trinajstić information content (AvgIpc) is 3.32. The minimum Gasteiger partial charge on any atom is -0.497 e. The molecule has 2 aromatic heterocycles. The number of hydrogen-bond donors (Lipinski definition) is 1. The largest absolute Gasteiger partial charge is 0.497 e. The van der Waals surface area contributed by atoms with Crippen molar-refractivity contribution in [2.75, 3.05) is 33.3 Å². The highest BCUT2D eigenvalue weighted by Crippen LogP contribution is 2.38. The summed E-state index contributed by atoms with van der Waals surface area (Å²) < 4.78 is 51.5. The van der Waals surface area contributed by atoms with E-state index in [1.807, 2.05) is 24.3 Å². The molecule has 1 N–H and O–H groups in total. The van der Waals surface area contributed by atoms with Gasteiger partial charge in [-0.05, 0) is 24.3 Å². The first kappa shape index (κ1) is 23.0. The Bertz CT molecular complexity index is 1380.